The van der Waals surface area contributed by atoms with E-state index in [4.69, 9.17) is 16.3 Å². The van der Waals surface area contributed by atoms with Crippen molar-refractivity contribution in [1.82, 2.24) is 4.90 Å². The summed E-state index contributed by atoms with van der Waals surface area (Å²) in [6.07, 6.45) is -0.0819. The minimum absolute atomic E-state index is 0.204. The fraction of sp³-hybridized carbons (Fsp3) is 0.467. The van der Waals surface area contributed by atoms with Crippen LogP contribution in [0.3, 0.4) is 0 Å². The van der Waals surface area contributed by atoms with Crippen LogP contribution in [0.15, 0.2) is 24.3 Å². The smallest absolute Gasteiger partial charge is 0.326 e. The lowest BCUT2D eigenvalue weighted by Gasteiger charge is -2.24. The van der Waals surface area contributed by atoms with Crippen LogP contribution in [0.4, 0.5) is 0 Å². The highest BCUT2D eigenvalue weighted by Crippen LogP contribution is 2.26. The number of aliphatic carboxylic acids is 1. The molecule has 0 aromatic heterocycles. The minimum Gasteiger partial charge on any atom is -0.488 e. The van der Waals surface area contributed by atoms with Crippen molar-refractivity contribution >= 4 is 36.1 Å². The number of halogens is 1. The van der Waals surface area contributed by atoms with Crippen molar-refractivity contribution in [1.29, 1.82) is 0 Å². The van der Waals surface area contributed by atoms with Gasteiger partial charge in [-0.25, -0.2) is 4.79 Å². The molecule has 0 bridgehead atoms. The number of carbonyl (C=O) groups is 2. The van der Waals surface area contributed by atoms with Crippen molar-refractivity contribution in [2.75, 3.05) is 12.3 Å². The van der Waals surface area contributed by atoms with Gasteiger partial charge in [-0.2, -0.15) is 12.6 Å². The number of carboxylic acids is 1. The highest BCUT2D eigenvalue weighted by atomic mass is 35.5. The van der Waals surface area contributed by atoms with Crippen LogP contribution in [-0.2, 0) is 9.59 Å². The second-order valence-corrected chi connectivity index (χ2v) is 6.16. The van der Waals surface area contributed by atoms with Crippen LogP contribution in [0.25, 0.3) is 0 Å². The van der Waals surface area contributed by atoms with E-state index < -0.39 is 12.0 Å². The third-order valence-electron chi connectivity index (χ3n) is 3.64. The predicted molar refractivity (Wildman–Crippen MR) is 86.6 cm³/mol. The molecule has 1 aromatic carbocycles. The normalized spacial score (nSPS) is 22.4. The largest absolute Gasteiger partial charge is 0.488 e. The van der Waals surface area contributed by atoms with E-state index in [1.807, 2.05) is 0 Å². The molecule has 1 fully saturated rings. The average Bonchev–Trinajstić information content (AvgIpc) is 2.92. The Morgan fingerprint density at radius 1 is 1.45 bits per heavy atom. The standard InChI is InChI=1S/C15H18ClNO4S/c1-9(8-22)14(18)17-7-12(6-13(17)15(19)20)21-11-4-2-10(16)3-5-11/h2-5,9,12-13,22H,6-8H2,1H3,(H,19,20)/t9?,12-,13+/m1/s1. The third-order valence-corrected chi connectivity index (χ3v) is 4.44. The van der Waals surface area contributed by atoms with Crippen molar-refractivity contribution in [2.45, 2.75) is 25.5 Å². The van der Waals surface area contributed by atoms with Gasteiger partial charge in [-0.1, -0.05) is 18.5 Å². The van der Waals surface area contributed by atoms with Crippen LogP contribution >= 0.6 is 24.2 Å². The maximum atomic E-state index is 12.3. The Morgan fingerprint density at radius 3 is 2.64 bits per heavy atom. The summed E-state index contributed by atoms with van der Waals surface area (Å²) in [5, 5.41) is 9.92. The summed E-state index contributed by atoms with van der Waals surface area (Å²) < 4.78 is 5.77. The van der Waals surface area contributed by atoms with E-state index in [-0.39, 0.29) is 30.9 Å². The SMILES string of the molecule is CC(CS)C(=O)N1C[C@H](Oc2ccc(Cl)cc2)C[C@H]1C(=O)O. The first kappa shape index (κ1) is 17.0. The van der Waals surface area contributed by atoms with Gasteiger partial charge in [-0.3, -0.25) is 4.79 Å². The van der Waals surface area contributed by atoms with E-state index >= 15 is 0 Å². The first-order chi connectivity index (χ1) is 10.4. The fourth-order valence-electron chi connectivity index (χ4n) is 2.43. The van der Waals surface area contributed by atoms with Gasteiger partial charge in [-0.05, 0) is 24.3 Å². The van der Waals surface area contributed by atoms with Gasteiger partial charge < -0.3 is 14.7 Å². The molecule has 5 nitrogen and oxygen atoms in total. The Kier molecular flexibility index (Phi) is 5.58. The molecule has 3 atom stereocenters. The molecule has 1 aliphatic heterocycles. The van der Waals surface area contributed by atoms with Gasteiger partial charge in [0.15, 0.2) is 0 Å². The van der Waals surface area contributed by atoms with E-state index in [0.717, 1.165) is 0 Å². The highest BCUT2D eigenvalue weighted by Gasteiger charge is 2.41. The summed E-state index contributed by atoms with van der Waals surface area (Å²) in [7, 11) is 0. The molecule has 1 heterocycles. The summed E-state index contributed by atoms with van der Waals surface area (Å²) in [6.45, 7) is 2.00. The van der Waals surface area contributed by atoms with Crippen molar-refractivity contribution in [3.8, 4) is 5.75 Å². The summed E-state index contributed by atoms with van der Waals surface area (Å²) in [5.74, 6) is -0.550. The van der Waals surface area contributed by atoms with Crippen molar-refractivity contribution < 1.29 is 19.4 Å². The van der Waals surface area contributed by atoms with E-state index in [2.05, 4.69) is 12.6 Å². The summed E-state index contributed by atoms with van der Waals surface area (Å²) in [6, 6.07) is 5.99. The molecule has 1 N–H and O–H groups in total. The molecule has 0 aliphatic carbocycles. The maximum absolute atomic E-state index is 12.3. The predicted octanol–water partition coefficient (Wildman–Crippen LogP) is 2.34. The van der Waals surface area contributed by atoms with Crippen LogP contribution in [0.5, 0.6) is 5.75 Å². The summed E-state index contributed by atoms with van der Waals surface area (Å²) in [4.78, 5) is 25.0. The quantitative estimate of drug-likeness (QED) is 0.805. The van der Waals surface area contributed by atoms with Crippen LogP contribution < -0.4 is 4.74 Å². The maximum Gasteiger partial charge on any atom is 0.326 e. The van der Waals surface area contributed by atoms with Gasteiger partial charge in [-0.15, -0.1) is 0 Å². The van der Waals surface area contributed by atoms with Crippen LogP contribution in [-0.4, -0.2) is 46.3 Å². The number of benzene rings is 1. The van der Waals surface area contributed by atoms with E-state index in [1.54, 1.807) is 31.2 Å². The van der Waals surface area contributed by atoms with Gasteiger partial charge in [0.2, 0.25) is 5.91 Å². The second kappa shape index (κ2) is 7.24. The van der Waals surface area contributed by atoms with Crippen molar-refractivity contribution in [2.24, 2.45) is 5.92 Å². The molecule has 1 aliphatic rings. The minimum atomic E-state index is -1.01. The number of carbonyl (C=O) groups excluding carboxylic acids is 1. The monoisotopic (exact) mass is 343 g/mol. The molecule has 0 saturated carbocycles. The number of carboxylic acid groups (broad SMARTS) is 1. The third kappa shape index (κ3) is 3.87. The number of hydrogen-bond donors (Lipinski definition) is 2. The number of ether oxygens (including phenoxy) is 1. The highest BCUT2D eigenvalue weighted by molar-refractivity contribution is 7.80. The Labute approximate surface area is 139 Å². The molecule has 1 unspecified atom stereocenters. The summed E-state index contributed by atoms with van der Waals surface area (Å²) >= 11 is 9.92. The number of likely N-dealkylation sites (tertiary alicyclic amines) is 1. The number of thiol groups is 1. The van der Waals surface area contributed by atoms with Gasteiger partial charge in [0.05, 0.1) is 6.54 Å². The molecule has 1 aromatic rings. The molecule has 1 saturated heterocycles. The van der Waals surface area contributed by atoms with Gasteiger partial charge in [0.1, 0.15) is 17.9 Å². The molecule has 0 radical (unpaired) electrons. The Hall–Kier alpha value is -1.40. The van der Waals surface area contributed by atoms with Gasteiger partial charge in [0, 0.05) is 23.1 Å². The zero-order valence-electron chi connectivity index (χ0n) is 12.1. The molecule has 2 rings (SSSR count). The molecule has 22 heavy (non-hydrogen) atoms. The number of amides is 1. The van der Waals surface area contributed by atoms with Gasteiger partial charge >= 0.3 is 5.97 Å². The number of hydrogen-bond acceptors (Lipinski definition) is 4. The van der Waals surface area contributed by atoms with Gasteiger partial charge in [0.25, 0.3) is 0 Å². The Morgan fingerprint density at radius 2 is 2.09 bits per heavy atom. The summed E-state index contributed by atoms with van der Waals surface area (Å²) in [5.41, 5.74) is 0. The van der Waals surface area contributed by atoms with Crippen LogP contribution in [0, 0.1) is 5.92 Å². The molecular formula is C15H18ClNO4S. The first-order valence-electron chi connectivity index (χ1n) is 6.98. The number of nitrogens with zero attached hydrogens (tertiary/aromatic N) is 1. The molecule has 1 amide bonds. The molecule has 7 heteroatoms. The topological polar surface area (TPSA) is 66.8 Å². The van der Waals surface area contributed by atoms with E-state index in [9.17, 15) is 14.7 Å². The number of rotatable bonds is 5. The molecule has 0 spiro atoms. The Balaban J connectivity index is 2.08. The lowest BCUT2D eigenvalue weighted by molar-refractivity contribution is -0.149. The van der Waals surface area contributed by atoms with E-state index in [0.29, 0.717) is 16.5 Å². The first-order valence-corrected chi connectivity index (χ1v) is 7.99. The lowest BCUT2D eigenvalue weighted by Crippen LogP contribution is -2.43. The lowest BCUT2D eigenvalue weighted by atomic mass is 10.1. The van der Waals surface area contributed by atoms with Crippen molar-refractivity contribution in [3.63, 3.8) is 0 Å². The average molecular weight is 344 g/mol. The second-order valence-electron chi connectivity index (χ2n) is 5.36. The van der Waals surface area contributed by atoms with Crippen LogP contribution in [0.1, 0.15) is 13.3 Å². The molecular weight excluding hydrogens is 326 g/mol. The zero-order chi connectivity index (χ0) is 16.3. The fourth-order valence-corrected chi connectivity index (χ4v) is 2.71. The molecule has 120 valence electrons. The Bertz CT molecular complexity index is 551. The zero-order valence-corrected chi connectivity index (χ0v) is 13.8. The van der Waals surface area contributed by atoms with Crippen molar-refractivity contribution in [3.05, 3.63) is 29.3 Å². The van der Waals surface area contributed by atoms with E-state index in [1.165, 1.54) is 4.90 Å². The van der Waals surface area contributed by atoms with Crippen LogP contribution in [0.2, 0.25) is 5.02 Å².